The van der Waals surface area contributed by atoms with Gasteiger partial charge in [-0.15, -0.1) is 0 Å². The lowest BCUT2D eigenvalue weighted by Crippen LogP contribution is -2.36. The largest absolute Gasteiger partial charge is 0.458 e. The molecule has 2 aliphatic rings. The lowest BCUT2D eigenvalue weighted by molar-refractivity contribution is -0.00901. The summed E-state index contributed by atoms with van der Waals surface area (Å²) in [7, 11) is 0. The van der Waals surface area contributed by atoms with Gasteiger partial charge in [-0.2, -0.15) is 0 Å². The topological polar surface area (TPSA) is 73.8 Å². The molecule has 1 amide bonds. The Labute approximate surface area is 123 Å². The first kappa shape index (κ1) is 14.1. The van der Waals surface area contributed by atoms with E-state index in [2.05, 4.69) is 9.97 Å². The molecule has 1 atom stereocenters. The molecule has 2 saturated heterocycles. The van der Waals surface area contributed by atoms with E-state index in [4.69, 9.17) is 14.2 Å². The van der Waals surface area contributed by atoms with E-state index in [0.29, 0.717) is 32.3 Å². The molecule has 0 N–H and O–H groups in total. The number of likely N-dealkylation sites (tertiary alicyclic amines) is 1. The van der Waals surface area contributed by atoms with Gasteiger partial charge in [0.1, 0.15) is 12.2 Å². The maximum atomic E-state index is 12.1. The summed E-state index contributed by atoms with van der Waals surface area (Å²) in [4.78, 5) is 21.8. The zero-order valence-corrected chi connectivity index (χ0v) is 11.8. The van der Waals surface area contributed by atoms with E-state index in [1.165, 1.54) is 0 Å². The molecule has 1 aromatic heterocycles. The standard InChI is InChI=1S/C14H19N3O4/c18-14(21-11-3-8-19-9-4-11)17-7-2-12(10-17)20-13-15-5-1-6-16-13/h1,5-6,11-12H,2-4,7-10H2. The number of amides is 1. The van der Waals surface area contributed by atoms with Gasteiger partial charge in [-0.3, -0.25) is 0 Å². The number of carbonyl (C=O) groups excluding carboxylic acids is 1. The number of ether oxygens (including phenoxy) is 3. The van der Waals surface area contributed by atoms with Crippen LogP contribution in [0.5, 0.6) is 6.01 Å². The molecular weight excluding hydrogens is 274 g/mol. The van der Waals surface area contributed by atoms with Crippen LogP contribution in [-0.4, -0.2) is 59.5 Å². The molecule has 114 valence electrons. The summed E-state index contributed by atoms with van der Waals surface area (Å²) in [5, 5.41) is 0. The van der Waals surface area contributed by atoms with Crippen molar-refractivity contribution in [3.05, 3.63) is 18.5 Å². The van der Waals surface area contributed by atoms with Gasteiger partial charge in [0.25, 0.3) is 0 Å². The van der Waals surface area contributed by atoms with Crippen molar-refractivity contribution in [1.29, 1.82) is 0 Å². The highest BCUT2D eigenvalue weighted by Gasteiger charge is 2.30. The third-order valence-corrected chi connectivity index (χ3v) is 3.65. The Morgan fingerprint density at radius 2 is 1.95 bits per heavy atom. The second-order valence-electron chi connectivity index (χ2n) is 5.20. The van der Waals surface area contributed by atoms with E-state index < -0.39 is 0 Å². The van der Waals surface area contributed by atoms with Gasteiger partial charge in [0.15, 0.2) is 0 Å². The van der Waals surface area contributed by atoms with E-state index >= 15 is 0 Å². The van der Waals surface area contributed by atoms with Crippen molar-refractivity contribution in [2.24, 2.45) is 0 Å². The molecule has 2 aliphatic heterocycles. The van der Waals surface area contributed by atoms with E-state index in [-0.39, 0.29) is 18.3 Å². The molecule has 0 saturated carbocycles. The minimum atomic E-state index is -0.262. The van der Waals surface area contributed by atoms with Gasteiger partial charge in [0, 0.05) is 38.2 Å². The average molecular weight is 293 g/mol. The van der Waals surface area contributed by atoms with Crippen LogP contribution in [0, 0.1) is 0 Å². The number of hydrogen-bond acceptors (Lipinski definition) is 6. The minimum absolute atomic E-state index is 0.0244. The summed E-state index contributed by atoms with van der Waals surface area (Å²) in [6, 6.07) is 2.08. The normalized spacial score (nSPS) is 23.0. The Kier molecular flexibility index (Phi) is 4.49. The average Bonchev–Trinajstić information content (AvgIpc) is 2.98. The van der Waals surface area contributed by atoms with Gasteiger partial charge in [0.05, 0.1) is 19.8 Å². The molecule has 0 aromatic carbocycles. The van der Waals surface area contributed by atoms with Gasteiger partial charge in [-0.25, -0.2) is 14.8 Å². The molecule has 0 bridgehead atoms. The summed E-state index contributed by atoms with van der Waals surface area (Å²) in [6.45, 7) is 2.48. The number of nitrogens with zero attached hydrogens (tertiary/aromatic N) is 3. The van der Waals surface area contributed by atoms with Gasteiger partial charge >= 0.3 is 12.1 Å². The Morgan fingerprint density at radius 1 is 1.19 bits per heavy atom. The molecule has 7 heteroatoms. The van der Waals surface area contributed by atoms with Gasteiger partial charge < -0.3 is 19.1 Å². The SMILES string of the molecule is O=C(OC1CCOCC1)N1CCC(Oc2ncccn2)C1. The van der Waals surface area contributed by atoms with Crippen LogP contribution in [0.25, 0.3) is 0 Å². The number of aromatic nitrogens is 2. The van der Waals surface area contributed by atoms with Crippen LogP contribution in [0.3, 0.4) is 0 Å². The van der Waals surface area contributed by atoms with E-state index in [9.17, 15) is 4.79 Å². The van der Waals surface area contributed by atoms with Crippen LogP contribution in [-0.2, 0) is 9.47 Å². The minimum Gasteiger partial charge on any atom is -0.458 e. The quantitative estimate of drug-likeness (QED) is 0.835. The monoisotopic (exact) mass is 293 g/mol. The maximum Gasteiger partial charge on any atom is 0.410 e. The third-order valence-electron chi connectivity index (χ3n) is 3.65. The number of rotatable bonds is 3. The fraction of sp³-hybridized carbons (Fsp3) is 0.643. The first-order chi connectivity index (χ1) is 10.3. The van der Waals surface area contributed by atoms with Crippen LogP contribution in [0.2, 0.25) is 0 Å². The zero-order chi connectivity index (χ0) is 14.5. The van der Waals surface area contributed by atoms with E-state index in [1.54, 1.807) is 23.4 Å². The summed E-state index contributed by atoms with van der Waals surface area (Å²) < 4.78 is 16.4. The first-order valence-electron chi connectivity index (χ1n) is 7.28. The second-order valence-corrected chi connectivity index (χ2v) is 5.20. The van der Waals surface area contributed by atoms with Crippen molar-refractivity contribution >= 4 is 6.09 Å². The van der Waals surface area contributed by atoms with Gasteiger partial charge in [-0.1, -0.05) is 0 Å². The van der Waals surface area contributed by atoms with E-state index in [1.807, 2.05) is 0 Å². The van der Waals surface area contributed by atoms with E-state index in [0.717, 1.165) is 19.3 Å². The summed E-state index contributed by atoms with van der Waals surface area (Å²) in [5.74, 6) is 0. The highest BCUT2D eigenvalue weighted by atomic mass is 16.6. The fourth-order valence-corrected chi connectivity index (χ4v) is 2.50. The van der Waals surface area contributed by atoms with Crippen LogP contribution < -0.4 is 4.74 Å². The third kappa shape index (κ3) is 3.81. The lowest BCUT2D eigenvalue weighted by Gasteiger charge is -2.25. The molecule has 7 nitrogen and oxygen atoms in total. The van der Waals surface area contributed by atoms with Crippen LogP contribution in [0.1, 0.15) is 19.3 Å². The van der Waals surface area contributed by atoms with Crippen molar-refractivity contribution in [3.63, 3.8) is 0 Å². The molecule has 0 aliphatic carbocycles. The van der Waals surface area contributed by atoms with Gasteiger partial charge in [-0.05, 0) is 6.07 Å². The van der Waals surface area contributed by atoms with Crippen molar-refractivity contribution in [2.75, 3.05) is 26.3 Å². The predicted octanol–water partition coefficient (Wildman–Crippen LogP) is 1.25. The van der Waals surface area contributed by atoms with Crippen LogP contribution >= 0.6 is 0 Å². The molecule has 2 fully saturated rings. The summed E-state index contributed by atoms with van der Waals surface area (Å²) in [6.07, 6.45) is 5.22. The first-order valence-corrected chi connectivity index (χ1v) is 7.28. The molecular formula is C14H19N3O4. The molecule has 1 unspecified atom stereocenters. The van der Waals surface area contributed by atoms with Crippen LogP contribution in [0.4, 0.5) is 4.79 Å². The smallest absolute Gasteiger partial charge is 0.410 e. The van der Waals surface area contributed by atoms with Crippen LogP contribution in [0.15, 0.2) is 18.5 Å². The maximum absolute atomic E-state index is 12.1. The predicted molar refractivity (Wildman–Crippen MR) is 73.0 cm³/mol. The second kappa shape index (κ2) is 6.71. The molecule has 3 heterocycles. The highest BCUT2D eigenvalue weighted by molar-refractivity contribution is 5.68. The fourth-order valence-electron chi connectivity index (χ4n) is 2.50. The van der Waals surface area contributed by atoms with Crippen molar-refractivity contribution in [2.45, 2.75) is 31.5 Å². The van der Waals surface area contributed by atoms with Gasteiger partial charge in [0.2, 0.25) is 0 Å². The Bertz CT molecular complexity index is 465. The number of carbonyl (C=O) groups is 1. The molecule has 3 rings (SSSR count). The lowest BCUT2D eigenvalue weighted by atomic mass is 10.2. The summed E-state index contributed by atoms with van der Waals surface area (Å²) in [5.41, 5.74) is 0. The number of hydrogen-bond donors (Lipinski definition) is 0. The Hall–Kier alpha value is -1.89. The Morgan fingerprint density at radius 3 is 2.71 bits per heavy atom. The molecule has 0 spiro atoms. The Balaban J connectivity index is 1.46. The summed E-state index contributed by atoms with van der Waals surface area (Å²) >= 11 is 0. The van der Waals surface area contributed by atoms with Crippen molar-refractivity contribution in [3.8, 4) is 6.01 Å². The molecule has 21 heavy (non-hydrogen) atoms. The molecule has 1 aromatic rings. The van der Waals surface area contributed by atoms with Crippen molar-refractivity contribution in [1.82, 2.24) is 14.9 Å². The molecule has 0 radical (unpaired) electrons. The van der Waals surface area contributed by atoms with Crippen molar-refractivity contribution < 1.29 is 19.0 Å². The highest BCUT2D eigenvalue weighted by Crippen LogP contribution is 2.18. The zero-order valence-electron chi connectivity index (χ0n) is 11.8.